The van der Waals surface area contributed by atoms with Crippen LogP contribution in [0.5, 0.6) is 0 Å². The van der Waals surface area contributed by atoms with Crippen molar-refractivity contribution in [2.24, 2.45) is 0 Å². The van der Waals surface area contributed by atoms with Gasteiger partial charge in [-0.3, -0.25) is 9.59 Å². The van der Waals surface area contributed by atoms with Crippen LogP contribution in [0.1, 0.15) is 45.9 Å². The van der Waals surface area contributed by atoms with Gasteiger partial charge in [-0.25, -0.2) is 8.42 Å². The van der Waals surface area contributed by atoms with Crippen LogP contribution in [-0.4, -0.2) is 78.8 Å². The van der Waals surface area contributed by atoms with Crippen LogP contribution >= 0.6 is 0 Å². The third-order valence-electron chi connectivity index (χ3n) is 5.74. The molecule has 0 aliphatic carbocycles. The normalized spacial score (nSPS) is 18.2. The Morgan fingerprint density at radius 2 is 1.52 bits per heavy atom. The summed E-state index contributed by atoms with van der Waals surface area (Å²) in [5, 5.41) is 3.74. The van der Waals surface area contributed by atoms with Gasteiger partial charge in [0.05, 0.1) is 16.2 Å². The summed E-state index contributed by atoms with van der Waals surface area (Å²) in [4.78, 5) is 29.0. The zero-order valence-electron chi connectivity index (χ0n) is 17.5. The maximum Gasteiger partial charge on any atom is 0.292 e. The summed E-state index contributed by atoms with van der Waals surface area (Å²) in [7, 11) is -3.73. The Morgan fingerprint density at radius 1 is 0.903 bits per heavy atom. The molecule has 2 fully saturated rings. The molecule has 1 aromatic heterocycles. The zero-order chi connectivity index (χ0) is 22.0. The number of aromatic nitrogens is 1. The molecule has 1 aromatic carbocycles. The van der Waals surface area contributed by atoms with E-state index in [1.807, 2.05) is 0 Å². The first-order valence-electron chi connectivity index (χ1n) is 10.5. The van der Waals surface area contributed by atoms with E-state index >= 15 is 0 Å². The number of amides is 2. The molecular weight excluding hydrogens is 420 g/mol. The molecule has 0 atom stereocenters. The van der Waals surface area contributed by atoms with Gasteiger partial charge in [0.2, 0.25) is 15.8 Å². The predicted octanol–water partition coefficient (Wildman–Crippen LogP) is 1.76. The fourth-order valence-electron chi connectivity index (χ4n) is 4.02. The summed E-state index contributed by atoms with van der Waals surface area (Å²) in [6.07, 6.45) is 2.68. The minimum atomic E-state index is -3.73. The van der Waals surface area contributed by atoms with Gasteiger partial charge >= 0.3 is 0 Å². The van der Waals surface area contributed by atoms with Crippen LogP contribution < -0.4 is 0 Å². The van der Waals surface area contributed by atoms with Crippen LogP contribution in [0.25, 0.3) is 0 Å². The second-order valence-electron chi connectivity index (χ2n) is 7.88. The molecule has 2 aliphatic rings. The molecule has 0 spiro atoms. The Labute approximate surface area is 181 Å². The van der Waals surface area contributed by atoms with Crippen molar-refractivity contribution in [3.8, 4) is 0 Å². The lowest BCUT2D eigenvalue weighted by molar-refractivity contribution is 0.0511. The highest BCUT2D eigenvalue weighted by molar-refractivity contribution is 7.89. The van der Waals surface area contributed by atoms with Crippen LogP contribution in [0.2, 0.25) is 0 Å². The Hall–Kier alpha value is -2.72. The van der Waals surface area contributed by atoms with E-state index in [0.29, 0.717) is 45.0 Å². The molecule has 0 bridgehead atoms. The lowest BCUT2D eigenvalue weighted by Crippen LogP contribution is -2.50. The van der Waals surface area contributed by atoms with Crippen molar-refractivity contribution in [1.82, 2.24) is 19.3 Å². The summed E-state index contributed by atoms with van der Waals surface area (Å²) in [6, 6.07) is 7.97. The van der Waals surface area contributed by atoms with Crippen LogP contribution in [0.15, 0.2) is 39.8 Å². The smallest absolute Gasteiger partial charge is 0.292 e. The molecule has 0 N–H and O–H groups in total. The number of carbonyl (C=O) groups is 2. The van der Waals surface area contributed by atoms with Crippen molar-refractivity contribution in [1.29, 1.82) is 0 Å². The molecule has 0 unspecified atom stereocenters. The monoisotopic (exact) mass is 446 g/mol. The zero-order valence-corrected chi connectivity index (χ0v) is 18.3. The first-order valence-corrected chi connectivity index (χ1v) is 11.9. The second kappa shape index (κ2) is 8.80. The number of piperazine rings is 1. The SMILES string of the molecule is Cc1cc(C(=O)N2CCN(C(=O)c3ccccc3S(=O)(=O)N3CCCCC3)CC2)on1. The lowest BCUT2D eigenvalue weighted by atomic mass is 10.1. The van der Waals surface area contributed by atoms with Crippen LogP contribution in [0.4, 0.5) is 0 Å². The van der Waals surface area contributed by atoms with Crippen LogP contribution in [0.3, 0.4) is 0 Å². The van der Waals surface area contributed by atoms with Gasteiger partial charge in [0.25, 0.3) is 11.8 Å². The number of piperidine rings is 1. The van der Waals surface area contributed by atoms with Gasteiger partial charge in [-0.15, -0.1) is 0 Å². The molecule has 2 aliphatic heterocycles. The maximum atomic E-state index is 13.2. The van der Waals surface area contributed by atoms with Crippen molar-refractivity contribution in [3.63, 3.8) is 0 Å². The highest BCUT2D eigenvalue weighted by Crippen LogP contribution is 2.25. The molecule has 10 heteroatoms. The number of sulfonamides is 1. The Kier molecular flexibility index (Phi) is 6.10. The molecule has 9 nitrogen and oxygen atoms in total. The number of nitrogens with zero attached hydrogens (tertiary/aromatic N) is 4. The van der Waals surface area contributed by atoms with E-state index in [4.69, 9.17) is 4.52 Å². The van der Waals surface area contributed by atoms with E-state index in [1.165, 1.54) is 10.4 Å². The summed E-state index contributed by atoms with van der Waals surface area (Å²) < 4.78 is 32.9. The number of rotatable bonds is 4. The number of carbonyl (C=O) groups excluding carboxylic acids is 2. The predicted molar refractivity (Wildman–Crippen MR) is 112 cm³/mol. The van der Waals surface area contributed by atoms with E-state index in [0.717, 1.165) is 19.3 Å². The topological polar surface area (TPSA) is 104 Å². The van der Waals surface area contributed by atoms with Gasteiger partial charge in [0.1, 0.15) is 0 Å². The standard InChI is InChI=1S/C21H26N4O5S/c1-16-15-18(30-22-16)21(27)24-13-11-23(12-14-24)20(26)17-7-3-4-8-19(17)31(28,29)25-9-5-2-6-10-25/h3-4,7-8,15H,2,5-6,9-14H2,1H3. The van der Waals surface area contributed by atoms with E-state index in [1.54, 1.807) is 41.0 Å². The first-order chi connectivity index (χ1) is 14.9. The highest BCUT2D eigenvalue weighted by atomic mass is 32.2. The summed E-state index contributed by atoms with van der Waals surface area (Å²) in [6.45, 7) is 4.01. The van der Waals surface area contributed by atoms with Crippen molar-refractivity contribution >= 4 is 21.8 Å². The first kappa shape index (κ1) is 21.5. The van der Waals surface area contributed by atoms with Gasteiger partial charge in [-0.05, 0) is 31.9 Å². The number of benzene rings is 1. The largest absolute Gasteiger partial charge is 0.351 e. The molecule has 2 aromatic rings. The third-order valence-corrected chi connectivity index (χ3v) is 7.70. The molecule has 31 heavy (non-hydrogen) atoms. The van der Waals surface area contributed by atoms with E-state index < -0.39 is 10.0 Å². The average Bonchev–Trinajstić information content (AvgIpc) is 3.25. The Bertz CT molecular complexity index is 1070. The summed E-state index contributed by atoms with van der Waals surface area (Å²) >= 11 is 0. The van der Waals surface area contributed by atoms with Gasteiger partial charge in [-0.2, -0.15) is 4.31 Å². The summed E-state index contributed by atoms with van der Waals surface area (Å²) in [5.74, 6) is -0.421. The fraction of sp³-hybridized carbons (Fsp3) is 0.476. The van der Waals surface area contributed by atoms with Gasteiger partial charge < -0.3 is 14.3 Å². The quantitative estimate of drug-likeness (QED) is 0.709. The maximum absolute atomic E-state index is 13.2. The highest BCUT2D eigenvalue weighted by Gasteiger charge is 2.33. The Morgan fingerprint density at radius 3 is 2.13 bits per heavy atom. The van der Waals surface area contributed by atoms with Gasteiger partial charge in [0.15, 0.2) is 0 Å². The number of aryl methyl sites for hydroxylation is 1. The molecule has 0 saturated carbocycles. The van der Waals surface area contributed by atoms with Crippen molar-refractivity contribution in [2.45, 2.75) is 31.1 Å². The van der Waals surface area contributed by atoms with Crippen molar-refractivity contribution in [2.75, 3.05) is 39.3 Å². The van der Waals surface area contributed by atoms with E-state index in [-0.39, 0.29) is 28.0 Å². The van der Waals surface area contributed by atoms with Gasteiger partial charge in [-0.1, -0.05) is 23.7 Å². The average molecular weight is 447 g/mol. The van der Waals surface area contributed by atoms with E-state index in [9.17, 15) is 18.0 Å². The molecule has 2 saturated heterocycles. The van der Waals surface area contributed by atoms with E-state index in [2.05, 4.69) is 5.16 Å². The number of hydrogen-bond donors (Lipinski definition) is 0. The van der Waals surface area contributed by atoms with Crippen molar-refractivity contribution < 1.29 is 22.5 Å². The van der Waals surface area contributed by atoms with Crippen molar-refractivity contribution in [3.05, 3.63) is 47.3 Å². The molecule has 3 heterocycles. The molecule has 4 rings (SSSR count). The minimum Gasteiger partial charge on any atom is -0.351 e. The molecule has 2 amide bonds. The molecule has 0 radical (unpaired) electrons. The van der Waals surface area contributed by atoms with Crippen LogP contribution in [-0.2, 0) is 10.0 Å². The fourth-order valence-corrected chi connectivity index (χ4v) is 5.72. The van der Waals surface area contributed by atoms with Gasteiger partial charge in [0, 0.05) is 45.3 Å². The lowest BCUT2D eigenvalue weighted by Gasteiger charge is -2.34. The second-order valence-corrected chi connectivity index (χ2v) is 9.78. The van der Waals surface area contributed by atoms with Crippen LogP contribution in [0, 0.1) is 6.92 Å². The third kappa shape index (κ3) is 4.35. The Balaban J connectivity index is 1.48. The minimum absolute atomic E-state index is 0.0533. The molecule has 166 valence electrons. The summed E-state index contributed by atoms with van der Waals surface area (Å²) in [5.41, 5.74) is 0.808. The number of hydrogen-bond acceptors (Lipinski definition) is 6. The molecular formula is C21H26N4O5S.